The van der Waals surface area contributed by atoms with Gasteiger partial charge in [-0.15, -0.1) is 0 Å². The molecule has 0 radical (unpaired) electrons. The Morgan fingerprint density at radius 3 is 2.50 bits per heavy atom. The number of anilines is 2. The van der Waals surface area contributed by atoms with E-state index in [0.29, 0.717) is 18.4 Å². The molecule has 0 aliphatic carbocycles. The topological polar surface area (TPSA) is 47.0 Å². The molecule has 0 bridgehead atoms. The third-order valence-electron chi connectivity index (χ3n) is 3.65. The van der Waals surface area contributed by atoms with E-state index in [9.17, 15) is 0 Å². The molecule has 0 spiro atoms. The summed E-state index contributed by atoms with van der Waals surface area (Å²) in [4.78, 5) is 8.89. The van der Waals surface area contributed by atoms with Gasteiger partial charge in [0.1, 0.15) is 6.61 Å². The first-order valence-electron chi connectivity index (χ1n) is 8.11. The highest BCUT2D eigenvalue weighted by atomic mass is 16.5. The summed E-state index contributed by atoms with van der Waals surface area (Å²) in [6.07, 6.45) is 0.996. The van der Waals surface area contributed by atoms with E-state index in [0.717, 1.165) is 23.4 Å². The van der Waals surface area contributed by atoms with Crippen molar-refractivity contribution in [2.24, 2.45) is 0 Å². The number of rotatable bonds is 6. The van der Waals surface area contributed by atoms with Crippen molar-refractivity contribution in [2.45, 2.75) is 26.9 Å². The second-order valence-corrected chi connectivity index (χ2v) is 5.62. The maximum atomic E-state index is 5.81. The highest BCUT2D eigenvalue weighted by molar-refractivity contribution is 5.54. The average Bonchev–Trinajstić information content (AvgIpc) is 2.60. The fourth-order valence-corrected chi connectivity index (χ4v) is 2.40. The van der Waals surface area contributed by atoms with Gasteiger partial charge in [-0.25, -0.2) is 4.98 Å². The van der Waals surface area contributed by atoms with Crippen molar-refractivity contribution >= 4 is 11.6 Å². The molecule has 4 heteroatoms. The number of aryl methyl sites for hydroxylation is 2. The number of benzene rings is 2. The molecular formula is C20H21N3O. The second kappa shape index (κ2) is 7.59. The third-order valence-corrected chi connectivity index (χ3v) is 3.65. The van der Waals surface area contributed by atoms with Crippen LogP contribution in [-0.4, -0.2) is 9.97 Å². The molecule has 0 amide bonds. The molecular weight excluding hydrogens is 298 g/mol. The van der Waals surface area contributed by atoms with Crippen molar-refractivity contribution in [3.05, 3.63) is 77.5 Å². The molecule has 4 nitrogen and oxygen atoms in total. The number of nitrogens with zero attached hydrogens (tertiary/aromatic N) is 2. The van der Waals surface area contributed by atoms with Crippen molar-refractivity contribution in [1.29, 1.82) is 0 Å². The molecule has 0 atom stereocenters. The van der Waals surface area contributed by atoms with E-state index in [1.54, 1.807) is 0 Å². The Kier molecular flexibility index (Phi) is 5.06. The summed E-state index contributed by atoms with van der Waals surface area (Å²) in [5.41, 5.74) is 4.23. The van der Waals surface area contributed by atoms with Gasteiger partial charge in [0.05, 0.1) is 0 Å². The molecule has 1 heterocycles. The lowest BCUT2D eigenvalue weighted by molar-refractivity contribution is 0.293. The van der Waals surface area contributed by atoms with Crippen LogP contribution in [0.25, 0.3) is 0 Å². The molecule has 24 heavy (non-hydrogen) atoms. The molecule has 0 unspecified atom stereocenters. The van der Waals surface area contributed by atoms with Crippen LogP contribution in [-0.2, 0) is 13.0 Å². The van der Waals surface area contributed by atoms with Gasteiger partial charge < -0.3 is 10.1 Å². The summed E-state index contributed by atoms with van der Waals surface area (Å²) in [7, 11) is 0. The van der Waals surface area contributed by atoms with Crippen LogP contribution >= 0.6 is 0 Å². The molecule has 0 aliphatic heterocycles. The first-order chi connectivity index (χ1) is 11.7. The first kappa shape index (κ1) is 16.0. The van der Waals surface area contributed by atoms with Crippen LogP contribution in [0.15, 0.2) is 60.7 Å². The molecule has 0 aliphatic rings. The van der Waals surface area contributed by atoms with E-state index in [-0.39, 0.29) is 0 Å². The van der Waals surface area contributed by atoms with E-state index in [1.807, 2.05) is 55.5 Å². The monoisotopic (exact) mass is 319 g/mol. The number of hydrogen-bond acceptors (Lipinski definition) is 4. The fourth-order valence-electron chi connectivity index (χ4n) is 2.40. The largest absolute Gasteiger partial charge is 0.473 e. The van der Waals surface area contributed by atoms with Gasteiger partial charge in [0.15, 0.2) is 0 Å². The number of hydrogen-bond donors (Lipinski definition) is 1. The molecule has 3 rings (SSSR count). The van der Waals surface area contributed by atoms with Gasteiger partial charge >= 0.3 is 0 Å². The van der Waals surface area contributed by atoms with Crippen LogP contribution in [0.1, 0.15) is 23.7 Å². The van der Waals surface area contributed by atoms with Gasteiger partial charge in [0, 0.05) is 17.4 Å². The van der Waals surface area contributed by atoms with Gasteiger partial charge in [-0.05, 0) is 36.6 Å². The Morgan fingerprint density at radius 1 is 0.917 bits per heavy atom. The van der Waals surface area contributed by atoms with Crippen molar-refractivity contribution in [3.8, 4) is 5.88 Å². The summed E-state index contributed by atoms with van der Waals surface area (Å²) in [6, 6.07) is 20.1. The van der Waals surface area contributed by atoms with Crippen molar-refractivity contribution in [2.75, 3.05) is 5.32 Å². The summed E-state index contributed by atoms with van der Waals surface area (Å²) in [5, 5.41) is 3.26. The van der Waals surface area contributed by atoms with E-state index in [4.69, 9.17) is 4.74 Å². The minimum absolute atomic E-state index is 0.488. The molecule has 3 aromatic rings. The predicted molar refractivity (Wildman–Crippen MR) is 96.6 cm³/mol. The summed E-state index contributed by atoms with van der Waals surface area (Å²) in [6.45, 7) is 4.56. The van der Waals surface area contributed by atoms with Crippen LogP contribution in [0.5, 0.6) is 5.88 Å². The van der Waals surface area contributed by atoms with Gasteiger partial charge in [-0.2, -0.15) is 4.98 Å². The van der Waals surface area contributed by atoms with Crippen LogP contribution in [0.2, 0.25) is 0 Å². The minimum Gasteiger partial charge on any atom is -0.473 e. The maximum Gasteiger partial charge on any atom is 0.230 e. The van der Waals surface area contributed by atoms with Crippen molar-refractivity contribution < 1.29 is 4.74 Å². The Morgan fingerprint density at radius 2 is 1.71 bits per heavy atom. The average molecular weight is 319 g/mol. The van der Waals surface area contributed by atoms with Crippen molar-refractivity contribution in [3.63, 3.8) is 0 Å². The van der Waals surface area contributed by atoms with E-state index in [1.165, 1.54) is 5.56 Å². The van der Waals surface area contributed by atoms with Crippen molar-refractivity contribution in [1.82, 2.24) is 9.97 Å². The maximum absolute atomic E-state index is 5.81. The lowest BCUT2D eigenvalue weighted by atomic mass is 10.1. The van der Waals surface area contributed by atoms with E-state index in [2.05, 4.69) is 34.3 Å². The summed E-state index contributed by atoms with van der Waals surface area (Å²) >= 11 is 0. The Labute approximate surface area is 142 Å². The molecule has 0 saturated heterocycles. The first-order valence-corrected chi connectivity index (χ1v) is 8.11. The standard InChI is InChI=1S/C20H21N3O/c1-3-16-10-7-11-18(13-16)22-20-21-15(2)12-19(23-20)24-14-17-8-5-4-6-9-17/h4-13H,3,14H2,1-2H3,(H,21,22,23). The predicted octanol–water partition coefficient (Wildman–Crippen LogP) is 4.67. The Hall–Kier alpha value is -2.88. The highest BCUT2D eigenvalue weighted by Gasteiger charge is 2.05. The molecule has 2 aromatic carbocycles. The smallest absolute Gasteiger partial charge is 0.230 e. The van der Waals surface area contributed by atoms with Gasteiger partial charge in [-0.1, -0.05) is 49.4 Å². The fraction of sp³-hybridized carbons (Fsp3) is 0.200. The highest BCUT2D eigenvalue weighted by Crippen LogP contribution is 2.19. The minimum atomic E-state index is 0.488. The third kappa shape index (κ3) is 4.32. The van der Waals surface area contributed by atoms with Gasteiger partial charge in [-0.3, -0.25) is 0 Å². The Balaban J connectivity index is 1.73. The van der Waals surface area contributed by atoms with Gasteiger partial charge in [0.2, 0.25) is 11.8 Å². The number of nitrogens with one attached hydrogen (secondary N) is 1. The zero-order valence-corrected chi connectivity index (χ0v) is 14.0. The van der Waals surface area contributed by atoms with Gasteiger partial charge in [0.25, 0.3) is 0 Å². The lowest BCUT2D eigenvalue weighted by Gasteiger charge is -2.10. The zero-order chi connectivity index (χ0) is 16.8. The molecule has 1 aromatic heterocycles. The Bertz CT molecular complexity index is 803. The van der Waals surface area contributed by atoms with E-state index < -0.39 is 0 Å². The molecule has 122 valence electrons. The molecule has 0 saturated carbocycles. The van der Waals surface area contributed by atoms with Crippen LogP contribution in [0.4, 0.5) is 11.6 Å². The van der Waals surface area contributed by atoms with Crippen LogP contribution < -0.4 is 10.1 Å². The normalized spacial score (nSPS) is 10.4. The zero-order valence-electron chi connectivity index (χ0n) is 14.0. The summed E-state index contributed by atoms with van der Waals surface area (Å²) in [5.74, 6) is 1.12. The summed E-state index contributed by atoms with van der Waals surface area (Å²) < 4.78 is 5.81. The second-order valence-electron chi connectivity index (χ2n) is 5.62. The van der Waals surface area contributed by atoms with Crippen LogP contribution in [0.3, 0.4) is 0 Å². The molecule has 0 fully saturated rings. The number of ether oxygens (including phenoxy) is 1. The van der Waals surface area contributed by atoms with E-state index >= 15 is 0 Å². The molecule has 1 N–H and O–H groups in total. The quantitative estimate of drug-likeness (QED) is 0.717. The lowest BCUT2D eigenvalue weighted by Crippen LogP contribution is -2.03. The van der Waals surface area contributed by atoms with Crippen LogP contribution in [0, 0.1) is 6.92 Å². The SMILES string of the molecule is CCc1cccc(Nc2nc(C)cc(OCc3ccccc3)n2)c1. The number of aromatic nitrogens is 2.